The summed E-state index contributed by atoms with van der Waals surface area (Å²) < 4.78 is 13.5. The van der Waals surface area contributed by atoms with E-state index in [4.69, 9.17) is 0 Å². The van der Waals surface area contributed by atoms with Crippen molar-refractivity contribution in [3.05, 3.63) is 71.5 Å². The van der Waals surface area contributed by atoms with Gasteiger partial charge in [0, 0.05) is 12.6 Å². The zero-order chi connectivity index (χ0) is 20.4. The molecule has 0 spiro atoms. The number of hydrogen-bond acceptors (Lipinski definition) is 2. The van der Waals surface area contributed by atoms with Crippen LogP contribution < -0.4 is 0 Å². The maximum Gasteiger partial charge on any atom is 0.250 e. The molecular weight excluding hydrogens is 367 g/mol. The van der Waals surface area contributed by atoms with Crippen LogP contribution in [0.3, 0.4) is 0 Å². The Bertz CT molecular complexity index is 860. The maximum atomic E-state index is 13.6. The molecule has 2 aliphatic rings. The van der Waals surface area contributed by atoms with E-state index in [1.54, 1.807) is 21.9 Å². The standard InChI is InChI=1S/C24H27FN2O2/c1-17-7-13-21(14-8-17)26-16-22(28)27(15-18-5-3-2-4-6-18)23(24(26)29)19-9-11-20(25)12-10-19/h2-6,9-12,17,21,23H,7-8,13-16H2,1H3/t17?,21?,23-/m1/s1. The third kappa shape index (κ3) is 4.19. The van der Waals surface area contributed by atoms with E-state index < -0.39 is 6.04 Å². The Morgan fingerprint density at radius 1 is 0.931 bits per heavy atom. The number of rotatable bonds is 4. The predicted molar refractivity (Wildman–Crippen MR) is 109 cm³/mol. The van der Waals surface area contributed by atoms with Crippen LogP contribution in [-0.2, 0) is 16.1 Å². The van der Waals surface area contributed by atoms with E-state index in [1.165, 1.54) is 12.1 Å². The fourth-order valence-corrected chi connectivity index (χ4v) is 4.54. The molecule has 152 valence electrons. The molecule has 1 aliphatic carbocycles. The fraction of sp³-hybridized carbons (Fsp3) is 0.417. The summed E-state index contributed by atoms with van der Waals surface area (Å²) in [4.78, 5) is 30.2. The molecule has 0 aromatic heterocycles. The Labute approximate surface area is 171 Å². The summed E-state index contributed by atoms with van der Waals surface area (Å²) in [5.74, 6) is 0.216. The van der Waals surface area contributed by atoms with Gasteiger partial charge in [-0.05, 0) is 54.9 Å². The van der Waals surface area contributed by atoms with Gasteiger partial charge in [-0.15, -0.1) is 0 Å². The van der Waals surface area contributed by atoms with Gasteiger partial charge in [0.2, 0.25) is 5.91 Å². The number of hydrogen-bond donors (Lipinski definition) is 0. The minimum Gasteiger partial charge on any atom is -0.328 e. The molecule has 2 aromatic carbocycles. The van der Waals surface area contributed by atoms with E-state index in [-0.39, 0.29) is 30.2 Å². The van der Waals surface area contributed by atoms with Crippen LogP contribution >= 0.6 is 0 Å². The highest BCUT2D eigenvalue weighted by Gasteiger charge is 2.43. The van der Waals surface area contributed by atoms with Crippen LogP contribution in [0.2, 0.25) is 0 Å². The predicted octanol–water partition coefficient (Wildman–Crippen LogP) is 4.32. The van der Waals surface area contributed by atoms with Crippen molar-refractivity contribution in [2.75, 3.05) is 6.54 Å². The van der Waals surface area contributed by atoms with Gasteiger partial charge in [0.1, 0.15) is 18.4 Å². The van der Waals surface area contributed by atoms with Crippen molar-refractivity contribution in [3.63, 3.8) is 0 Å². The smallest absolute Gasteiger partial charge is 0.250 e. The second kappa shape index (κ2) is 8.36. The van der Waals surface area contributed by atoms with Gasteiger partial charge in [-0.2, -0.15) is 0 Å². The molecule has 0 unspecified atom stereocenters. The Balaban J connectivity index is 1.65. The lowest BCUT2D eigenvalue weighted by molar-refractivity contribution is -0.160. The number of halogens is 1. The van der Waals surface area contributed by atoms with Gasteiger partial charge in [-0.3, -0.25) is 9.59 Å². The summed E-state index contributed by atoms with van der Waals surface area (Å²) in [5.41, 5.74) is 1.63. The van der Waals surface area contributed by atoms with Crippen molar-refractivity contribution in [2.24, 2.45) is 5.92 Å². The highest BCUT2D eigenvalue weighted by molar-refractivity contribution is 5.95. The van der Waals surface area contributed by atoms with E-state index >= 15 is 0 Å². The van der Waals surface area contributed by atoms with Gasteiger partial charge in [-0.25, -0.2) is 4.39 Å². The molecule has 4 nitrogen and oxygen atoms in total. The largest absolute Gasteiger partial charge is 0.328 e. The number of carbonyl (C=O) groups is 2. The summed E-state index contributed by atoms with van der Waals surface area (Å²) >= 11 is 0. The van der Waals surface area contributed by atoms with Gasteiger partial charge in [0.15, 0.2) is 0 Å². The molecule has 0 bridgehead atoms. The van der Waals surface area contributed by atoms with E-state index in [1.807, 2.05) is 30.3 Å². The molecule has 1 aliphatic heterocycles. The molecule has 1 atom stereocenters. The Hall–Kier alpha value is -2.69. The van der Waals surface area contributed by atoms with Gasteiger partial charge >= 0.3 is 0 Å². The maximum absolute atomic E-state index is 13.6. The van der Waals surface area contributed by atoms with Crippen LogP contribution in [-0.4, -0.2) is 34.2 Å². The quantitative estimate of drug-likeness (QED) is 0.775. The summed E-state index contributed by atoms with van der Waals surface area (Å²) in [7, 11) is 0. The van der Waals surface area contributed by atoms with Crippen LogP contribution in [0, 0.1) is 11.7 Å². The highest BCUT2D eigenvalue weighted by atomic mass is 19.1. The lowest BCUT2D eigenvalue weighted by Gasteiger charge is -2.45. The summed E-state index contributed by atoms with van der Waals surface area (Å²) in [6.45, 7) is 2.73. The zero-order valence-corrected chi connectivity index (χ0v) is 16.8. The average Bonchev–Trinajstić information content (AvgIpc) is 2.73. The number of carbonyl (C=O) groups excluding carboxylic acids is 2. The van der Waals surface area contributed by atoms with Crippen molar-refractivity contribution < 1.29 is 14.0 Å². The fourth-order valence-electron chi connectivity index (χ4n) is 4.54. The van der Waals surface area contributed by atoms with Crippen LogP contribution in [0.15, 0.2) is 54.6 Å². The Kier molecular flexibility index (Phi) is 5.65. The van der Waals surface area contributed by atoms with Gasteiger partial charge in [0.25, 0.3) is 5.91 Å². The minimum atomic E-state index is -0.712. The van der Waals surface area contributed by atoms with Crippen molar-refractivity contribution >= 4 is 11.8 Å². The molecule has 29 heavy (non-hydrogen) atoms. The molecular formula is C24H27FN2O2. The number of benzene rings is 2. The molecule has 2 amide bonds. The number of piperazine rings is 1. The molecule has 5 heteroatoms. The van der Waals surface area contributed by atoms with Crippen LogP contribution in [0.1, 0.15) is 49.8 Å². The van der Waals surface area contributed by atoms with Crippen molar-refractivity contribution in [1.82, 2.24) is 9.80 Å². The minimum absolute atomic E-state index is 0.0494. The average molecular weight is 394 g/mol. The molecule has 2 aromatic rings. The summed E-state index contributed by atoms with van der Waals surface area (Å²) in [6, 6.07) is 15.0. The van der Waals surface area contributed by atoms with E-state index in [2.05, 4.69) is 6.92 Å². The molecule has 1 heterocycles. The Morgan fingerprint density at radius 3 is 2.24 bits per heavy atom. The van der Waals surface area contributed by atoms with Crippen LogP contribution in [0.4, 0.5) is 4.39 Å². The topological polar surface area (TPSA) is 40.6 Å². The second-order valence-electron chi connectivity index (χ2n) is 8.34. The first-order chi connectivity index (χ1) is 14.0. The third-order valence-corrected chi connectivity index (χ3v) is 6.26. The molecule has 1 saturated heterocycles. The van der Waals surface area contributed by atoms with Crippen molar-refractivity contribution in [1.29, 1.82) is 0 Å². The normalized spacial score (nSPS) is 25.4. The molecule has 0 radical (unpaired) electrons. The first kappa shape index (κ1) is 19.6. The molecule has 0 N–H and O–H groups in total. The molecule has 4 rings (SSSR count). The van der Waals surface area contributed by atoms with Crippen molar-refractivity contribution in [2.45, 2.75) is 51.2 Å². The van der Waals surface area contributed by atoms with Crippen LogP contribution in [0.5, 0.6) is 0 Å². The Morgan fingerprint density at radius 2 is 1.59 bits per heavy atom. The summed E-state index contributed by atoms with van der Waals surface area (Å²) in [5, 5.41) is 0. The monoisotopic (exact) mass is 394 g/mol. The first-order valence-electron chi connectivity index (χ1n) is 10.4. The highest BCUT2D eigenvalue weighted by Crippen LogP contribution is 2.34. The molecule has 2 fully saturated rings. The van der Waals surface area contributed by atoms with Gasteiger partial charge in [0.05, 0.1) is 0 Å². The van der Waals surface area contributed by atoms with Crippen molar-refractivity contribution in [3.8, 4) is 0 Å². The summed E-state index contributed by atoms with van der Waals surface area (Å²) in [6.07, 6.45) is 4.04. The van der Waals surface area contributed by atoms with Crippen LogP contribution in [0.25, 0.3) is 0 Å². The van der Waals surface area contributed by atoms with E-state index in [0.29, 0.717) is 18.0 Å². The molecule has 1 saturated carbocycles. The zero-order valence-electron chi connectivity index (χ0n) is 16.8. The second-order valence-corrected chi connectivity index (χ2v) is 8.34. The van der Waals surface area contributed by atoms with Gasteiger partial charge in [-0.1, -0.05) is 49.4 Å². The van der Waals surface area contributed by atoms with E-state index in [9.17, 15) is 14.0 Å². The van der Waals surface area contributed by atoms with Gasteiger partial charge < -0.3 is 9.80 Å². The first-order valence-corrected chi connectivity index (χ1v) is 10.4. The van der Waals surface area contributed by atoms with E-state index in [0.717, 1.165) is 31.2 Å². The third-order valence-electron chi connectivity index (χ3n) is 6.26. The number of amides is 2. The lowest BCUT2D eigenvalue weighted by atomic mass is 9.85. The number of nitrogens with zero attached hydrogens (tertiary/aromatic N) is 2. The lowest BCUT2D eigenvalue weighted by Crippen LogP contribution is -2.58. The SMILES string of the molecule is CC1CCC(N2CC(=O)N(Cc3ccccc3)[C@H](c3ccc(F)cc3)C2=O)CC1.